The van der Waals surface area contributed by atoms with Crippen LogP contribution in [-0.2, 0) is 27.6 Å². The average molecular weight is 531 g/mol. The Morgan fingerprint density at radius 1 is 1.19 bits per heavy atom. The molecular weight excluding hydrogens is 501 g/mol. The van der Waals surface area contributed by atoms with Crippen LogP contribution in [0.1, 0.15) is 37.8 Å². The lowest BCUT2D eigenvalue weighted by Crippen LogP contribution is -2.45. The van der Waals surface area contributed by atoms with Crippen molar-refractivity contribution in [1.29, 1.82) is 0 Å². The number of carbonyl (C=O) groups is 1. The van der Waals surface area contributed by atoms with Gasteiger partial charge in [-0.25, -0.2) is 4.79 Å². The molecule has 1 atom stereocenters. The van der Waals surface area contributed by atoms with Crippen LogP contribution in [0.15, 0.2) is 47.4 Å². The Morgan fingerprint density at radius 3 is 2.56 bits per heavy atom. The molecule has 0 bridgehead atoms. The van der Waals surface area contributed by atoms with E-state index < -0.39 is 26.8 Å². The molecule has 1 heterocycles. The van der Waals surface area contributed by atoms with E-state index in [2.05, 4.69) is 5.32 Å². The molecule has 0 saturated carbocycles. The van der Waals surface area contributed by atoms with E-state index in [0.29, 0.717) is 24.8 Å². The Labute approximate surface area is 208 Å². The molecule has 198 valence electrons. The number of halogens is 3. The van der Waals surface area contributed by atoms with Crippen LogP contribution in [0.3, 0.4) is 0 Å². The van der Waals surface area contributed by atoms with Gasteiger partial charge in [0.2, 0.25) is 0 Å². The normalized spacial score (nSPS) is 16.1. The molecule has 0 unspecified atom stereocenters. The van der Waals surface area contributed by atoms with Gasteiger partial charge in [-0.05, 0) is 62.6 Å². The number of carbonyl (C=O) groups excluding carboxylic acids is 1. The molecule has 0 radical (unpaired) electrons. The van der Waals surface area contributed by atoms with E-state index in [1.54, 1.807) is 11.0 Å². The van der Waals surface area contributed by atoms with Gasteiger partial charge in [0.15, 0.2) is 11.5 Å². The number of benzene rings is 2. The number of urea groups is 1. The summed E-state index contributed by atoms with van der Waals surface area (Å²) in [5, 5.41) is 2.84. The lowest BCUT2D eigenvalue weighted by Gasteiger charge is -2.27. The third-order valence-corrected chi connectivity index (χ3v) is 6.63. The third-order valence-electron chi connectivity index (χ3n) is 5.40. The molecule has 2 aromatic carbocycles. The molecule has 1 saturated heterocycles. The van der Waals surface area contributed by atoms with Crippen LogP contribution in [0.4, 0.5) is 18.0 Å². The Morgan fingerprint density at radius 2 is 1.94 bits per heavy atom. The van der Waals surface area contributed by atoms with Crippen LogP contribution in [0.5, 0.6) is 11.5 Å². The fraction of sp³-hybridized carbons (Fsp3) is 0.458. The highest BCUT2D eigenvalue weighted by molar-refractivity contribution is 7.87. The summed E-state index contributed by atoms with van der Waals surface area (Å²) in [6.07, 6.45) is -3.11. The van der Waals surface area contributed by atoms with Gasteiger partial charge in [0, 0.05) is 25.7 Å². The molecule has 1 aliphatic rings. The molecule has 0 aliphatic carbocycles. The van der Waals surface area contributed by atoms with Crippen LogP contribution < -0.4 is 14.2 Å². The number of ether oxygens (including phenoxy) is 2. The smallest absolute Gasteiger partial charge is 0.416 e. The van der Waals surface area contributed by atoms with E-state index in [9.17, 15) is 26.4 Å². The van der Waals surface area contributed by atoms with Crippen molar-refractivity contribution in [2.75, 3.05) is 20.3 Å². The third kappa shape index (κ3) is 7.26. The van der Waals surface area contributed by atoms with Gasteiger partial charge < -0.3 is 23.9 Å². The lowest BCUT2D eigenvalue weighted by atomic mass is 10.1. The predicted molar refractivity (Wildman–Crippen MR) is 125 cm³/mol. The van der Waals surface area contributed by atoms with Crippen molar-refractivity contribution in [2.24, 2.45) is 0 Å². The minimum atomic E-state index is -4.72. The fourth-order valence-electron chi connectivity index (χ4n) is 3.69. The quantitative estimate of drug-likeness (QED) is 0.477. The predicted octanol–water partition coefficient (Wildman–Crippen LogP) is 4.58. The van der Waals surface area contributed by atoms with E-state index >= 15 is 0 Å². The maximum absolute atomic E-state index is 13.1. The van der Waals surface area contributed by atoms with Crippen LogP contribution in [0, 0.1) is 0 Å². The average Bonchev–Trinajstić information content (AvgIpc) is 3.31. The van der Waals surface area contributed by atoms with Gasteiger partial charge in [-0.15, -0.1) is 0 Å². The van der Waals surface area contributed by atoms with Crippen molar-refractivity contribution in [3.63, 3.8) is 0 Å². The fourth-order valence-corrected chi connectivity index (χ4v) is 4.67. The van der Waals surface area contributed by atoms with Crippen LogP contribution in [0.25, 0.3) is 0 Å². The molecule has 1 aliphatic heterocycles. The van der Waals surface area contributed by atoms with Crippen LogP contribution >= 0.6 is 0 Å². The monoisotopic (exact) mass is 530 g/mol. The van der Waals surface area contributed by atoms with Gasteiger partial charge in [0.1, 0.15) is 4.90 Å². The van der Waals surface area contributed by atoms with Gasteiger partial charge in [0.05, 0.1) is 18.8 Å². The topological polar surface area (TPSA) is 94.2 Å². The number of methoxy groups -OCH3 is 1. The first-order valence-electron chi connectivity index (χ1n) is 11.3. The summed E-state index contributed by atoms with van der Waals surface area (Å²) >= 11 is 0. The van der Waals surface area contributed by atoms with Gasteiger partial charge in [-0.3, -0.25) is 0 Å². The van der Waals surface area contributed by atoms with Crippen molar-refractivity contribution >= 4 is 16.1 Å². The van der Waals surface area contributed by atoms with Crippen molar-refractivity contribution in [1.82, 2.24) is 10.2 Å². The highest BCUT2D eigenvalue weighted by atomic mass is 32.2. The van der Waals surface area contributed by atoms with Gasteiger partial charge in [-0.1, -0.05) is 12.1 Å². The summed E-state index contributed by atoms with van der Waals surface area (Å²) in [7, 11) is -3.31. The summed E-state index contributed by atoms with van der Waals surface area (Å²) in [6, 6.07) is 7.37. The molecular formula is C24H29F3N2O6S. The molecule has 0 spiro atoms. The summed E-state index contributed by atoms with van der Waals surface area (Å²) in [5.74, 6) is -0.152. The number of amides is 2. The first-order chi connectivity index (χ1) is 16.9. The van der Waals surface area contributed by atoms with E-state index in [1.807, 2.05) is 13.8 Å². The molecule has 8 nitrogen and oxygen atoms in total. The first kappa shape index (κ1) is 27.6. The highest BCUT2D eigenvalue weighted by Crippen LogP contribution is 2.34. The maximum atomic E-state index is 13.1. The molecule has 2 aromatic rings. The van der Waals surface area contributed by atoms with Crippen molar-refractivity contribution in [3.8, 4) is 11.5 Å². The molecule has 3 rings (SSSR count). The minimum Gasteiger partial charge on any atom is -0.493 e. The van der Waals surface area contributed by atoms with Gasteiger partial charge in [0.25, 0.3) is 0 Å². The number of rotatable bonds is 9. The Hall–Kier alpha value is -2.99. The Bertz CT molecular complexity index is 1160. The minimum absolute atomic E-state index is 0.0617. The van der Waals surface area contributed by atoms with E-state index in [0.717, 1.165) is 31.0 Å². The zero-order valence-electron chi connectivity index (χ0n) is 20.2. The molecule has 12 heteroatoms. The summed E-state index contributed by atoms with van der Waals surface area (Å²) < 4.78 is 80.8. The maximum Gasteiger partial charge on any atom is 0.416 e. The number of alkyl halides is 3. The summed E-state index contributed by atoms with van der Waals surface area (Å²) in [5.41, 5.74) is -0.587. The SMILES string of the molecule is COc1ccc(CN(C[C@H]2CCCO2)C(=O)NC(C)C)cc1OS(=O)(=O)c1cccc(C(F)(F)F)c1. The van der Waals surface area contributed by atoms with E-state index in [4.69, 9.17) is 13.7 Å². The number of nitrogens with zero attached hydrogens (tertiary/aromatic N) is 1. The second-order valence-corrected chi connectivity index (χ2v) is 10.2. The molecule has 2 amide bonds. The Balaban J connectivity index is 1.87. The van der Waals surface area contributed by atoms with Gasteiger partial charge in [-0.2, -0.15) is 21.6 Å². The van der Waals surface area contributed by atoms with Crippen molar-refractivity contribution < 1.29 is 40.0 Å². The second-order valence-electron chi connectivity index (χ2n) is 8.67. The number of hydrogen-bond donors (Lipinski definition) is 1. The van der Waals surface area contributed by atoms with Crippen LogP contribution in [0.2, 0.25) is 0 Å². The zero-order valence-corrected chi connectivity index (χ0v) is 21.0. The molecule has 1 fully saturated rings. The van der Waals surface area contributed by atoms with Gasteiger partial charge >= 0.3 is 22.3 Å². The van der Waals surface area contributed by atoms with Crippen LogP contribution in [-0.4, -0.2) is 51.8 Å². The Kier molecular flexibility index (Phi) is 8.72. The summed E-state index contributed by atoms with van der Waals surface area (Å²) in [6.45, 7) is 4.74. The van der Waals surface area contributed by atoms with Crippen molar-refractivity contribution in [2.45, 2.75) is 56.5 Å². The zero-order chi connectivity index (χ0) is 26.5. The van der Waals surface area contributed by atoms with E-state index in [1.165, 1.54) is 19.2 Å². The number of hydrogen-bond acceptors (Lipinski definition) is 6. The highest BCUT2D eigenvalue weighted by Gasteiger charge is 2.32. The number of nitrogens with one attached hydrogen (secondary N) is 1. The summed E-state index contributed by atoms with van der Waals surface area (Å²) in [4.78, 5) is 13.7. The van der Waals surface area contributed by atoms with E-state index in [-0.39, 0.29) is 36.2 Å². The lowest BCUT2D eigenvalue weighted by molar-refractivity contribution is -0.137. The largest absolute Gasteiger partial charge is 0.493 e. The molecule has 0 aromatic heterocycles. The van der Waals surface area contributed by atoms with Crippen molar-refractivity contribution in [3.05, 3.63) is 53.6 Å². The first-order valence-corrected chi connectivity index (χ1v) is 12.8. The standard InChI is InChI=1S/C24H29F3N2O6S/c1-16(2)28-23(30)29(15-19-7-5-11-34-19)14-17-9-10-21(33-3)22(12-17)35-36(31,32)20-8-4-6-18(13-20)24(25,26)27/h4,6,8-10,12-13,16,19H,5,7,11,14-15H2,1-3H3,(H,28,30)/t19-/m1/s1. The molecule has 36 heavy (non-hydrogen) atoms. The second kappa shape index (κ2) is 11.4. The molecule has 1 N–H and O–H groups in total.